The molecule has 0 fully saturated rings. The molecule has 0 saturated heterocycles. The SMILES string of the molecule is C[C@H](NC(=O)[C@H](Cc1ccc(O)cc1)NC(=O)[C@H](CCC(N)=O)NC(=O)[C@H](CCCN=C(N)N)NC(=O)[C@H](CO)NC(=O)CN)C(=O)N[C@@H](CCC(=O)O)C(=O)O. The number of carbonyl (C=O) groups excluding carboxylic acids is 7. The van der Waals surface area contributed by atoms with E-state index < -0.39 is 128 Å². The molecule has 0 radical (unpaired) electrons. The molecule has 0 aliphatic heterocycles. The summed E-state index contributed by atoms with van der Waals surface area (Å²) in [6.45, 7) is -0.187. The second kappa shape index (κ2) is 24.8. The number of hydrogen-bond acceptors (Lipinski definition) is 13. The largest absolute Gasteiger partial charge is 0.508 e. The number of nitrogens with zero attached hydrogens (tertiary/aromatic N) is 1. The van der Waals surface area contributed by atoms with E-state index in [0.29, 0.717) is 5.56 Å². The number of aliphatic hydroxyl groups is 1. The summed E-state index contributed by atoms with van der Waals surface area (Å²) in [5, 5.41) is 51.6. The van der Waals surface area contributed by atoms with Gasteiger partial charge in [0.05, 0.1) is 13.2 Å². The van der Waals surface area contributed by atoms with Crippen LogP contribution in [0.4, 0.5) is 0 Å². The van der Waals surface area contributed by atoms with Crippen molar-refractivity contribution in [3.05, 3.63) is 29.8 Å². The maximum Gasteiger partial charge on any atom is 0.326 e. The summed E-state index contributed by atoms with van der Waals surface area (Å²) in [5.41, 5.74) is 21.7. The summed E-state index contributed by atoms with van der Waals surface area (Å²) in [6, 6.07) is -3.65. The van der Waals surface area contributed by atoms with E-state index in [1.807, 2.05) is 0 Å². The molecule has 0 spiro atoms. The Morgan fingerprint density at radius 2 is 1.18 bits per heavy atom. The molecule has 1 aromatic rings. The van der Waals surface area contributed by atoms with Gasteiger partial charge in [-0.25, -0.2) is 4.79 Å². The van der Waals surface area contributed by atoms with Gasteiger partial charge in [-0.05, 0) is 50.3 Å². The lowest BCUT2D eigenvalue weighted by Crippen LogP contribution is -2.60. The third-order valence-electron chi connectivity index (χ3n) is 7.93. The number of aliphatic hydroxyl groups excluding tert-OH is 1. The van der Waals surface area contributed by atoms with E-state index in [-0.39, 0.29) is 37.5 Å². The van der Waals surface area contributed by atoms with Crippen LogP contribution in [0.1, 0.15) is 51.0 Å². The zero-order chi connectivity index (χ0) is 43.2. The highest BCUT2D eigenvalue weighted by molar-refractivity contribution is 5.97. The van der Waals surface area contributed by atoms with Gasteiger partial charge in [0.25, 0.3) is 0 Å². The van der Waals surface area contributed by atoms with Gasteiger partial charge in [0.1, 0.15) is 42.0 Å². The third-order valence-corrected chi connectivity index (χ3v) is 7.93. The van der Waals surface area contributed by atoms with Crippen LogP contribution >= 0.6 is 0 Å². The van der Waals surface area contributed by atoms with Gasteiger partial charge in [-0.15, -0.1) is 0 Å². The highest BCUT2D eigenvalue weighted by Gasteiger charge is 2.33. The Kier molecular flexibility index (Phi) is 21.1. The molecule has 6 atom stereocenters. The first-order valence-electron chi connectivity index (χ1n) is 17.5. The average Bonchev–Trinajstić information content (AvgIpc) is 3.14. The summed E-state index contributed by atoms with van der Waals surface area (Å²) in [4.78, 5) is 117. The minimum Gasteiger partial charge on any atom is -0.508 e. The van der Waals surface area contributed by atoms with Crippen molar-refractivity contribution in [1.29, 1.82) is 0 Å². The van der Waals surface area contributed by atoms with Gasteiger partial charge in [-0.3, -0.25) is 43.3 Å². The number of nitrogens with two attached hydrogens (primary N) is 4. The predicted molar refractivity (Wildman–Crippen MR) is 198 cm³/mol. The number of carbonyl (C=O) groups is 9. The van der Waals surface area contributed by atoms with E-state index in [9.17, 15) is 58.5 Å². The van der Waals surface area contributed by atoms with Crippen molar-refractivity contribution < 1.29 is 63.6 Å². The summed E-state index contributed by atoms with van der Waals surface area (Å²) >= 11 is 0. The summed E-state index contributed by atoms with van der Waals surface area (Å²) in [6.07, 6.45) is -2.20. The minimum absolute atomic E-state index is 0.00467. The predicted octanol–water partition coefficient (Wildman–Crippen LogP) is -5.92. The minimum atomic E-state index is -1.60. The van der Waals surface area contributed by atoms with Crippen molar-refractivity contribution in [2.45, 2.75) is 88.1 Å². The van der Waals surface area contributed by atoms with Gasteiger partial charge in [-0.1, -0.05) is 12.1 Å². The first-order chi connectivity index (χ1) is 26.8. The fourth-order valence-corrected chi connectivity index (χ4v) is 4.87. The zero-order valence-corrected chi connectivity index (χ0v) is 31.1. The van der Waals surface area contributed by atoms with Crippen molar-refractivity contribution in [3.8, 4) is 5.75 Å². The second-order valence-electron chi connectivity index (χ2n) is 12.6. The molecule has 0 aromatic heterocycles. The summed E-state index contributed by atoms with van der Waals surface area (Å²) < 4.78 is 0. The smallest absolute Gasteiger partial charge is 0.326 e. The second-order valence-corrected chi connectivity index (χ2v) is 12.6. The molecule has 57 heavy (non-hydrogen) atoms. The van der Waals surface area contributed by atoms with Crippen LogP contribution in [0.25, 0.3) is 0 Å². The Bertz CT molecular complexity index is 1620. The van der Waals surface area contributed by atoms with E-state index in [1.54, 1.807) is 0 Å². The van der Waals surface area contributed by atoms with Gasteiger partial charge >= 0.3 is 11.9 Å². The van der Waals surface area contributed by atoms with Crippen LogP contribution in [0.3, 0.4) is 0 Å². The fourth-order valence-electron chi connectivity index (χ4n) is 4.87. The number of aliphatic carboxylic acids is 2. The number of nitrogens with one attached hydrogen (secondary N) is 6. The molecule has 1 aromatic carbocycles. The highest BCUT2D eigenvalue weighted by atomic mass is 16.4. The monoisotopic (exact) mass is 809 g/mol. The molecule has 0 unspecified atom stereocenters. The number of carboxylic acid groups (broad SMARTS) is 2. The molecule has 0 aliphatic rings. The van der Waals surface area contributed by atoms with Gasteiger partial charge in [0.15, 0.2) is 5.96 Å². The Hall–Kier alpha value is -6.56. The van der Waals surface area contributed by atoms with E-state index in [1.165, 1.54) is 31.2 Å². The molecule has 24 heteroatoms. The molecule has 316 valence electrons. The quantitative estimate of drug-likeness (QED) is 0.0235. The molecule has 0 aliphatic carbocycles. The molecule has 7 amide bonds. The number of rotatable bonds is 26. The average molecular weight is 810 g/mol. The number of guanidine groups is 1. The Balaban J connectivity index is 3.39. The van der Waals surface area contributed by atoms with E-state index in [2.05, 4.69) is 36.9 Å². The van der Waals surface area contributed by atoms with Crippen LogP contribution in [0.2, 0.25) is 0 Å². The highest BCUT2D eigenvalue weighted by Crippen LogP contribution is 2.13. The molecule has 0 saturated carbocycles. The zero-order valence-electron chi connectivity index (χ0n) is 31.1. The molecule has 24 nitrogen and oxygen atoms in total. The Labute approximate surface area is 325 Å². The van der Waals surface area contributed by atoms with Crippen LogP contribution in [0.5, 0.6) is 5.75 Å². The van der Waals surface area contributed by atoms with Gasteiger partial charge < -0.3 is 75.3 Å². The van der Waals surface area contributed by atoms with Gasteiger partial charge in [0.2, 0.25) is 41.4 Å². The van der Waals surface area contributed by atoms with E-state index in [0.717, 1.165) is 0 Å². The lowest BCUT2D eigenvalue weighted by molar-refractivity contribution is -0.143. The van der Waals surface area contributed by atoms with Crippen molar-refractivity contribution in [2.24, 2.45) is 27.9 Å². The third kappa shape index (κ3) is 19.0. The van der Waals surface area contributed by atoms with Gasteiger partial charge in [0, 0.05) is 25.8 Å². The van der Waals surface area contributed by atoms with Crippen molar-refractivity contribution in [2.75, 3.05) is 19.7 Å². The normalized spacial score (nSPS) is 13.8. The van der Waals surface area contributed by atoms with Crippen LogP contribution in [0.15, 0.2) is 29.3 Å². The van der Waals surface area contributed by atoms with Crippen molar-refractivity contribution in [1.82, 2.24) is 31.9 Å². The van der Waals surface area contributed by atoms with Crippen LogP contribution in [0, 0.1) is 0 Å². The van der Waals surface area contributed by atoms with Crippen LogP contribution < -0.4 is 54.8 Å². The molecular weight excluding hydrogens is 758 g/mol. The van der Waals surface area contributed by atoms with Crippen molar-refractivity contribution >= 4 is 59.2 Å². The number of aliphatic imine (C=N–C) groups is 1. The number of hydrogen-bond donors (Lipinski definition) is 14. The van der Waals surface area contributed by atoms with E-state index >= 15 is 0 Å². The number of amides is 7. The summed E-state index contributed by atoms with van der Waals surface area (Å²) in [7, 11) is 0. The maximum atomic E-state index is 13.8. The number of benzene rings is 1. The maximum absolute atomic E-state index is 13.8. The molecule has 1 rings (SSSR count). The molecule has 0 heterocycles. The van der Waals surface area contributed by atoms with Crippen LogP contribution in [-0.2, 0) is 49.6 Å². The molecular formula is C33H51N11O13. The number of carboxylic acids is 2. The summed E-state index contributed by atoms with van der Waals surface area (Å²) in [5.74, 6) is -9.85. The standard InChI is InChI=1S/C33H51N11O13/c1-16(27(51)43-21(32(56)57)9-11-26(49)50)39-30(54)22(13-17-4-6-18(46)7-5-17)44-29(53)20(8-10-24(35)47)42-28(52)19(3-2-12-38-33(36)37)41-31(55)23(15-45)40-25(48)14-34/h4-7,16,19-23,45-46H,2-3,8-15,34H2,1H3,(H2,35,47)(H,39,54)(H,40,48)(H,41,55)(H,42,52)(H,43,51)(H,44,53)(H,49,50)(H,56,57)(H4,36,37,38)/t16-,19-,20-,21-,22-,23-/m0/s1. The first-order valence-corrected chi connectivity index (χ1v) is 17.5. The number of aromatic hydroxyl groups is 1. The Morgan fingerprint density at radius 1 is 0.667 bits per heavy atom. The lowest BCUT2D eigenvalue weighted by atomic mass is 10.0. The van der Waals surface area contributed by atoms with Crippen LogP contribution in [-0.4, -0.2) is 136 Å². The number of primary amides is 1. The number of phenols is 1. The van der Waals surface area contributed by atoms with Crippen molar-refractivity contribution in [3.63, 3.8) is 0 Å². The molecule has 0 bridgehead atoms. The Morgan fingerprint density at radius 3 is 1.68 bits per heavy atom. The number of phenolic OH excluding ortho intramolecular Hbond substituents is 1. The van der Waals surface area contributed by atoms with E-state index in [4.69, 9.17) is 28.0 Å². The first kappa shape index (κ1) is 48.5. The topological polar surface area (TPSA) is 423 Å². The fraction of sp³-hybridized carbons (Fsp3) is 0.515. The lowest BCUT2D eigenvalue weighted by Gasteiger charge is -2.27. The van der Waals surface area contributed by atoms with Gasteiger partial charge in [-0.2, -0.15) is 0 Å². The molecule has 18 N–H and O–H groups in total.